The molecule has 0 bridgehead atoms. The lowest BCUT2D eigenvalue weighted by molar-refractivity contribution is -0.146. The van der Waals surface area contributed by atoms with E-state index in [1.807, 2.05) is 0 Å². The van der Waals surface area contributed by atoms with Crippen molar-refractivity contribution >= 4 is 12.1 Å². The Morgan fingerprint density at radius 1 is 0.811 bits per heavy atom. The van der Waals surface area contributed by atoms with Gasteiger partial charge in [0.05, 0.1) is 19.1 Å². The molecule has 1 atom stereocenters. The van der Waals surface area contributed by atoms with Crippen molar-refractivity contribution in [3.05, 3.63) is 24.3 Å². The largest absolute Gasteiger partial charge is 0.465 e. The van der Waals surface area contributed by atoms with Crippen molar-refractivity contribution in [2.24, 2.45) is 5.92 Å². The van der Waals surface area contributed by atoms with Crippen LogP contribution in [-0.4, -0.2) is 68.1 Å². The van der Waals surface area contributed by atoms with Crippen molar-refractivity contribution < 1.29 is 24.2 Å². The van der Waals surface area contributed by atoms with Crippen molar-refractivity contribution in [3.8, 4) is 0 Å². The summed E-state index contributed by atoms with van der Waals surface area (Å²) >= 11 is 0. The first-order chi connectivity index (χ1) is 18.1. The van der Waals surface area contributed by atoms with E-state index in [4.69, 9.17) is 9.47 Å². The highest BCUT2D eigenvalue weighted by atomic mass is 16.6. The molecule has 0 aliphatic carbocycles. The van der Waals surface area contributed by atoms with E-state index in [9.17, 15) is 14.7 Å². The molecule has 0 saturated carbocycles. The first-order valence-corrected chi connectivity index (χ1v) is 14.8. The third-order valence-electron chi connectivity index (χ3n) is 6.33. The van der Waals surface area contributed by atoms with E-state index >= 15 is 0 Å². The normalized spacial score (nSPS) is 12.5. The molecule has 7 heteroatoms. The van der Waals surface area contributed by atoms with Gasteiger partial charge in [0.2, 0.25) is 0 Å². The highest BCUT2D eigenvalue weighted by molar-refractivity contribution is 5.69. The maximum absolute atomic E-state index is 12.0. The number of ether oxygens (including phenoxy) is 2. The number of hydrogen-bond acceptors (Lipinski definition) is 6. The SMILES string of the molecule is CCCCC/C=C\C/C=C\CCCCCCCC(=O)OCC(CO)COC(=O)NCCCN(CC)CC. The maximum atomic E-state index is 12.0. The van der Waals surface area contributed by atoms with E-state index in [2.05, 4.69) is 55.3 Å². The van der Waals surface area contributed by atoms with Crippen LogP contribution in [0.3, 0.4) is 0 Å². The lowest BCUT2D eigenvalue weighted by Crippen LogP contribution is -2.32. The summed E-state index contributed by atoms with van der Waals surface area (Å²) in [6, 6.07) is 0. The fraction of sp³-hybridized carbons (Fsp3) is 0.800. The van der Waals surface area contributed by atoms with E-state index in [0.29, 0.717) is 13.0 Å². The number of unbranched alkanes of at least 4 members (excludes halogenated alkanes) is 8. The Hall–Kier alpha value is -1.86. The number of allylic oxidation sites excluding steroid dienone is 4. The van der Waals surface area contributed by atoms with Crippen LogP contribution in [0.2, 0.25) is 0 Å². The Balaban J connectivity index is 3.66. The number of aliphatic hydroxyl groups is 1. The Bertz CT molecular complexity index is 591. The highest BCUT2D eigenvalue weighted by Crippen LogP contribution is 2.09. The van der Waals surface area contributed by atoms with Gasteiger partial charge in [-0.15, -0.1) is 0 Å². The van der Waals surface area contributed by atoms with Crippen molar-refractivity contribution in [1.29, 1.82) is 0 Å². The van der Waals surface area contributed by atoms with Gasteiger partial charge in [-0.05, 0) is 64.6 Å². The Kier molecular flexibility index (Phi) is 25.8. The van der Waals surface area contributed by atoms with Gasteiger partial charge in [0, 0.05) is 13.0 Å². The van der Waals surface area contributed by atoms with E-state index in [-0.39, 0.29) is 25.8 Å². The minimum absolute atomic E-state index is 0.0232. The van der Waals surface area contributed by atoms with Crippen LogP contribution in [-0.2, 0) is 14.3 Å². The number of esters is 1. The van der Waals surface area contributed by atoms with E-state index in [1.54, 1.807) is 0 Å². The van der Waals surface area contributed by atoms with Crippen LogP contribution in [0.5, 0.6) is 0 Å². The molecule has 216 valence electrons. The van der Waals surface area contributed by atoms with Gasteiger partial charge in [-0.1, -0.05) is 77.2 Å². The Morgan fingerprint density at radius 3 is 2.08 bits per heavy atom. The molecular weight excluding hydrogens is 468 g/mol. The number of amides is 1. The molecule has 0 aromatic carbocycles. The zero-order chi connectivity index (χ0) is 27.4. The van der Waals surface area contributed by atoms with Gasteiger partial charge in [-0.3, -0.25) is 4.79 Å². The average Bonchev–Trinajstić information content (AvgIpc) is 2.91. The zero-order valence-corrected chi connectivity index (χ0v) is 24.1. The molecule has 1 unspecified atom stereocenters. The molecule has 0 rings (SSSR count). The predicted octanol–water partition coefficient (Wildman–Crippen LogP) is 6.41. The second-order valence-corrected chi connectivity index (χ2v) is 9.62. The summed E-state index contributed by atoms with van der Waals surface area (Å²) in [6.45, 7) is 9.80. The highest BCUT2D eigenvalue weighted by Gasteiger charge is 2.14. The quantitative estimate of drug-likeness (QED) is 0.0815. The number of nitrogens with zero attached hydrogens (tertiary/aromatic N) is 1. The topological polar surface area (TPSA) is 88.1 Å². The summed E-state index contributed by atoms with van der Waals surface area (Å²) in [5.74, 6) is -0.667. The van der Waals surface area contributed by atoms with E-state index in [1.165, 1.54) is 38.5 Å². The molecule has 0 aromatic heterocycles. The summed E-state index contributed by atoms with van der Waals surface area (Å²) < 4.78 is 10.4. The molecule has 1 amide bonds. The van der Waals surface area contributed by atoms with E-state index < -0.39 is 12.0 Å². The van der Waals surface area contributed by atoms with Crippen LogP contribution >= 0.6 is 0 Å². The van der Waals surface area contributed by atoms with Crippen LogP contribution < -0.4 is 5.32 Å². The number of hydrogen-bond donors (Lipinski definition) is 2. The summed E-state index contributed by atoms with van der Waals surface area (Å²) in [7, 11) is 0. The van der Waals surface area contributed by atoms with Gasteiger partial charge < -0.3 is 24.8 Å². The Morgan fingerprint density at radius 2 is 1.43 bits per heavy atom. The summed E-state index contributed by atoms with van der Waals surface area (Å²) in [4.78, 5) is 26.1. The minimum Gasteiger partial charge on any atom is -0.465 e. The zero-order valence-electron chi connectivity index (χ0n) is 24.1. The molecule has 0 aliphatic heterocycles. The van der Waals surface area contributed by atoms with Gasteiger partial charge in [0.1, 0.15) is 6.61 Å². The fourth-order valence-corrected chi connectivity index (χ4v) is 3.79. The lowest BCUT2D eigenvalue weighted by Gasteiger charge is -2.18. The van der Waals surface area contributed by atoms with Crippen LogP contribution in [0.4, 0.5) is 4.79 Å². The number of aliphatic hydroxyl groups excluding tert-OH is 1. The van der Waals surface area contributed by atoms with Crippen molar-refractivity contribution in [3.63, 3.8) is 0 Å². The van der Waals surface area contributed by atoms with Crippen molar-refractivity contribution in [2.75, 3.05) is 46.0 Å². The number of nitrogens with one attached hydrogen (secondary N) is 1. The standard InChI is InChI=1S/C30H56N2O5/c1-4-7-8-9-10-11-12-13-14-15-16-17-18-19-20-22-29(34)36-26-28(25-33)27-37-30(35)31-23-21-24-32(5-2)6-3/h10-11,13-14,28,33H,4-9,12,15-27H2,1-3H3,(H,31,35)/b11-10-,14-13-. The van der Waals surface area contributed by atoms with Crippen molar-refractivity contribution in [1.82, 2.24) is 10.2 Å². The molecule has 0 saturated heterocycles. The van der Waals surface area contributed by atoms with Crippen LogP contribution in [0.25, 0.3) is 0 Å². The molecule has 37 heavy (non-hydrogen) atoms. The Labute approximate surface area is 227 Å². The van der Waals surface area contributed by atoms with Crippen LogP contribution in [0.15, 0.2) is 24.3 Å². The molecule has 0 radical (unpaired) electrons. The van der Waals surface area contributed by atoms with E-state index in [0.717, 1.165) is 58.2 Å². The lowest BCUT2D eigenvalue weighted by atomic mass is 10.1. The van der Waals surface area contributed by atoms with Crippen LogP contribution in [0.1, 0.15) is 104 Å². The molecule has 0 fully saturated rings. The van der Waals surface area contributed by atoms with Gasteiger partial charge in [0.25, 0.3) is 0 Å². The monoisotopic (exact) mass is 524 g/mol. The number of rotatable bonds is 25. The van der Waals surface area contributed by atoms with Crippen molar-refractivity contribution in [2.45, 2.75) is 104 Å². The van der Waals surface area contributed by atoms with Gasteiger partial charge >= 0.3 is 12.1 Å². The van der Waals surface area contributed by atoms with Gasteiger partial charge in [-0.2, -0.15) is 0 Å². The molecule has 7 nitrogen and oxygen atoms in total. The first kappa shape index (κ1) is 35.1. The number of carbonyl (C=O) groups excluding carboxylic acids is 2. The average molecular weight is 525 g/mol. The molecular formula is C30H56N2O5. The second kappa shape index (κ2) is 27.2. The predicted molar refractivity (Wildman–Crippen MR) is 153 cm³/mol. The van der Waals surface area contributed by atoms with Crippen LogP contribution in [0, 0.1) is 5.92 Å². The molecule has 0 aromatic rings. The molecule has 2 N–H and O–H groups in total. The molecule has 0 spiro atoms. The summed E-state index contributed by atoms with van der Waals surface area (Å²) in [6.07, 6.45) is 22.3. The minimum atomic E-state index is -0.505. The second-order valence-electron chi connectivity index (χ2n) is 9.62. The smallest absolute Gasteiger partial charge is 0.407 e. The number of alkyl carbamates (subject to hydrolysis) is 1. The maximum Gasteiger partial charge on any atom is 0.407 e. The van der Waals surface area contributed by atoms with Gasteiger partial charge in [-0.25, -0.2) is 4.79 Å². The number of carbonyl (C=O) groups is 2. The first-order valence-electron chi connectivity index (χ1n) is 14.8. The van der Waals surface area contributed by atoms with Gasteiger partial charge in [0.15, 0.2) is 0 Å². The fourth-order valence-electron chi connectivity index (χ4n) is 3.79. The summed E-state index contributed by atoms with van der Waals surface area (Å²) in [5.41, 5.74) is 0. The summed E-state index contributed by atoms with van der Waals surface area (Å²) in [5, 5.41) is 12.2. The third-order valence-corrected chi connectivity index (χ3v) is 6.33. The third kappa shape index (κ3) is 24.2. The molecule has 0 heterocycles. The molecule has 0 aliphatic rings.